The van der Waals surface area contributed by atoms with Crippen LogP contribution in [0.25, 0.3) is 0 Å². The first-order chi connectivity index (χ1) is 13.1. The molecule has 6 nitrogen and oxygen atoms in total. The molecule has 1 atom stereocenters. The Morgan fingerprint density at radius 3 is 2.70 bits per heavy atom. The van der Waals surface area contributed by atoms with Crippen LogP contribution < -0.4 is 20.1 Å². The zero-order valence-corrected chi connectivity index (χ0v) is 16.3. The van der Waals surface area contributed by atoms with Crippen LogP contribution in [0.2, 0.25) is 0 Å². The zero-order valence-electron chi connectivity index (χ0n) is 16.3. The zero-order chi connectivity index (χ0) is 19.6. The van der Waals surface area contributed by atoms with Gasteiger partial charge in [-0.15, -0.1) is 0 Å². The quantitative estimate of drug-likeness (QED) is 0.547. The van der Waals surface area contributed by atoms with Crippen molar-refractivity contribution in [3.8, 4) is 11.6 Å². The van der Waals surface area contributed by atoms with Crippen LogP contribution in [0.15, 0.2) is 41.5 Å². The molecule has 0 spiro atoms. The number of aromatic nitrogens is 1. The molecule has 0 bridgehead atoms. The van der Waals surface area contributed by atoms with E-state index in [1.807, 2.05) is 25.1 Å². The third kappa shape index (κ3) is 6.13. The maximum absolute atomic E-state index is 13.9. The smallest absolute Gasteiger partial charge is 0.213 e. The molecule has 0 fully saturated rings. The minimum Gasteiger partial charge on any atom is -0.494 e. The predicted molar refractivity (Wildman–Crippen MR) is 105 cm³/mol. The Bertz CT molecular complexity index is 750. The molecule has 2 aromatic rings. The highest BCUT2D eigenvalue weighted by Crippen LogP contribution is 2.21. The van der Waals surface area contributed by atoms with Crippen LogP contribution >= 0.6 is 0 Å². The van der Waals surface area contributed by atoms with Crippen molar-refractivity contribution in [1.82, 2.24) is 15.6 Å². The van der Waals surface area contributed by atoms with Gasteiger partial charge in [-0.3, -0.25) is 4.99 Å². The number of guanidine groups is 1. The lowest BCUT2D eigenvalue weighted by atomic mass is 10.1. The van der Waals surface area contributed by atoms with Crippen LogP contribution in [0, 0.1) is 5.82 Å². The fraction of sp³-hybridized carbons (Fsp3) is 0.400. The molecular formula is C20H27FN4O2. The molecule has 27 heavy (non-hydrogen) atoms. The van der Waals surface area contributed by atoms with Crippen LogP contribution in [0.1, 0.15) is 37.4 Å². The van der Waals surface area contributed by atoms with E-state index in [0.29, 0.717) is 25.0 Å². The third-order valence-corrected chi connectivity index (χ3v) is 3.96. The molecule has 1 unspecified atom stereocenters. The van der Waals surface area contributed by atoms with E-state index in [2.05, 4.69) is 27.5 Å². The van der Waals surface area contributed by atoms with Gasteiger partial charge in [0.2, 0.25) is 5.88 Å². The molecule has 0 aliphatic carbocycles. The summed E-state index contributed by atoms with van der Waals surface area (Å²) < 4.78 is 24.3. The number of halogens is 1. The Labute approximate surface area is 159 Å². The summed E-state index contributed by atoms with van der Waals surface area (Å²) >= 11 is 0. The Balaban J connectivity index is 1.90. The maximum Gasteiger partial charge on any atom is 0.213 e. The van der Waals surface area contributed by atoms with Crippen LogP contribution in [0.3, 0.4) is 0 Å². The lowest BCUT2D eigenvalue weighted by molar-refractivity contribution is 0.305. The van der Waals surface area contributed by atoms with E-state index >= 15 is 0 Å². The van der Waals surface area contributed by atoms with Crippen LogP contribution in [-0.2, 0) is 6.54 Å². The van der Waals surface area contributed by atoms with E-state index in [0.717, 1.165) is 17.5 Å². The summed E-state index contributed by atoms with van der Waals surface area (Å²) in [5, 5.41) is 6.47. The molecule has 146 valence electrons. The van der Waals surface area contributed by atoms with E-state index in [9.17, 15) is 4.39 Å². The minimum atomic E-state index is -0.386. The second kappa shape index (κ2) is 10.4. The average Bonchev–Trinajstić information content (AvgIpc) is 2.70. The molecule has 2 N–H and O–H groups in total. The van der Waals surface area contributed by atoms with Crippen molar-refractivity contribution in [3.05, 3.63) is 53.5 Å². The number of methoxy groups -OCH3 is 1. The van der Waals surface area contributed by atoms with E-state index in [4.69, 9.17) is 9.47 Å². The van der Waals surface area contributed by atoms with Crippen molar-refractivity contribution in [3.63, 3.8) is 0 Å². The molecule has 0 saturated heterocycles. The highest BCUT2D eigenvalue weighted by molar-refractivity contribution is 5.80. The molecule has 7 heteroatoms. The van der Waals surface area contributed by atoms with Gasteiger partial charge in [0, 0.05) is 25.9 Å². The monoisotopic (exact) mass is 374 g/mol. The molecule has 0 radical (unpaired) electrons. The number of pyridine rings is 1. The topological polar surface area (TPSA) is 67.8 Å². The standard InChI is InChI=1S/C20H27FN4O2/c1-5-10-27-19-9-6-15(12-23-19)13-24-20(22-3)25-14(2)16-7-8-18(26-4)17(21)11-16/h6-9,11-12,14H,5,10,13H2,1-4H3,(H2,22,24,25). The number of ether oxygens (including phenoxy) is 2. The van der Waals surface area contributed by atoms with Gasteiger partial charge in [0.15, 0.2) is 17.5 Å². The van der Waals surface area contributed by atoms with Crippen molar-refractivity contribution in [2.24, 2.45) is 4.99 Å². The van der Waals surface area contributed by atoms with Crippen LogP contribution in [0.5, 0.6) is 11.6 Å². The first-order valence-corrected chi connectivity index (χ1v) is 8.95. The molecule has 0 aliphatic rings. The Morgan fingerprint density at radius 2 is 2.11 bits per heavy atom. The van der Waals surface area contributed by atoms with E-state index < -0.39 is 0 Å². The van der Waals surface area contributed by atoms with Crippen molar-refractivity contribution in [2.45, 2.75) is 32.9 Å². The molecule has 0 amide bonds. The van der Waals surface area contributed by atoms with Crippen LogP contribution in [0.4, 0.5) is 4.39 Å². The second-order valence-corrected chi connectivity index (χ2v) is 6.04. The average molecular weight is 374 g/mol. The minimum absolute atomic E-state index is 0.125. The Hall–Kier alpha value is -2.83. The summed E-state index contributed by atoms with van der Waals surface area (Å²) in [7, 11) is 3.14. The summed E-state index contributed by atoms with van der Waals surface area (Å²) in [4.78, 5) is 8.49. The van der Waals surface area contributed by atoms with Gasteiger partial charge in [0.25, 0.3) is 0 Å². The van der Waals surface area contributed by atoms with Gasteiger partial charge in [-0.1, -0.05) is 19.1 Å². The first-order valence-electron chi connectivity index (χ1n) is 8.95. The highest BCUT2D eigenvalue weighted by Gasteiger charge is 2.11. The van der Waals surface area contributed by atoms with Gasteiger partial charge in [-0.25, -0.2) is 9.37 Å². The third-order valence-electron chi connectivity index (χ3n) is 3.96. The van der Waals surface area contributed by atoms with Gasteiger partial charge in [0.05, 0.1) is 19.8 Å². The van der Waals surface area contributed by atoms with Gasteiger partial charge in [-0.05, 0) is 36.6 Å². The van der Waals surface area contributed by atoms with Crippen molar-refractivity contribution >= 4 is 5.96 Å². The fourth-order valence-corrected chi connectivity index (χ4v) is 2.43. The summed E-state index contributed by atoms with van der Waals surface area (Å²) in [6, 6.07) is 8.59. The molecule has 1 aromatic carbocycles. The molecule has 1 heterocycles. The molecule has 2 rings (SSSR count). The number of hydrogen-bond acceptors (Lipinski definition) is 4. The SMILES string of the molecule is CCCOc1ccc(CNC(=NC)NC(C)c2ccc(OC)c(F)c2)cn1. The first kappa shape index (κ1) is 20.5. The number of nitrogens with zero attached hydrogens (tertiary/aromatic N) is 2. The highest BCUT2D eigenvalue weighted by atomic mass is 19.1. The van der Waals surface area contributed by atoms with Crippen molar-refractivity contribution in [1.29, 1.82) is 0 Å². The number of benzene rings is 1. The molecular weight excluding hydrogens is 347 g/mol. The van der Waals surface area contributed by atoms with Crippen molar-refractivity contribution < 1.29 is 13.9 Å². The van der Waals surface area contributed by atoms with E-state index in [1.165, 1.54) is 13.2 Å². The van der Waals surface area contributed by atoms with E-state index in [1.54, 1.807) is 19.3 Å². The largest absolute Gasteiger partial charge is 0.494 e. The van der Waals surface area contributed by atoms with E-state index in [-0.39, 0.29) is 17.6 Å². The number of rotatable bonds is 8. The number of nitrogens with one attached hydrogen (secondary N) is 2. The second-order valence-electron chi connectivity index (χ2n) is 6.04. The molecule has 0 saturated carbocycles. The number of hydrogen-bond donors (Lipinski definition) is 2. The van der Waals surface area contributed by atoms with Gasteiger partial charge >= 0.3 is 0 Å². The predicted octanol–water partition coefficient (Wildman–Crippen LogP) is 3.44. The summed E-state index contributed by atoms with van der Waals surface area (Å²) in [6.45, 7) is 5.21. The van der Waals surface area contributed by atoms with Gasteiger partial charge < -0.3 is 20.1 Å². The Morgan fingerprint density at radius 1 is 1.30 bits per heavy atom. The summed E-state index contributed by atoms with van der Waals surface area (Å²) in [5.74, 6) is 1.08. The van der Waals surface area contributed by atoms with Gasteiger partial charge in [0.1, 0.15) is 0 Å². The maximum atomic E-state index is 13.9. The normalized spacial score (nSPS) is 12.4. The van der Waals surface area contributed by atoms with Gasteiger partial charge in [-0.2, -0.15) is 0 Å². The molecule has 1 aromatic heterocycles. The lowest BCUT2D eigenvalue weighted by Gasteiger charge is -2.19. The summed E-state index contributed by atoms with van der Waals surface area (Å²) in [5.41, 5.74) is 1.81. The van der Waals surface area contributed by atoms with Crippen molar-refractivity contribution in [2.75, 3.05) is 20.8 Å². The lowest BCUT2D eigenvalue weighted by Crippen LogP contribution is -2.38. The fourth-order valence-electron chi connectivity index (χ4n) is 2.43. The van der Waals surface area contributed by atoms with Crippen LogP contribution in [-0.4, -0.2) is 31.7 Å². The Kier molecular flexibility index (Phi) is 7.85. The summed E-state index contributed by atoms with van der Waals surface area (Å²) in [6.07, 6.45) is 2.72. The molecule has 0 aliphatic heterocycles. The number of aliphatic imine (C=N–C) groups is 1.